The van der Waals surface area contributed by atoms with Crippen LogP contribution in [-0.2, 0) is 16.1 Å². The van der Waals surface area contributed by atoms with Gasteiger partial charge in [0.15, 0.2) is 0 Å². The molecule has 0 aliphatic carbocycles. The van der Waals surface area contributed by atoms with Gasteiger partial charge in [-0.3, -0.25) is 4.79 Å². The van der Waals surface area contributed by atoms with E-state index in [1.807, 2.05) is 0 Å². The minimum Gasteiger partial charge on any atom is -0.393 e. The molecule has 4 nitrogen and oxygen atoms in total. The molecule has 98 valence electrons. The normalized spacial score (nSPS) is 24.4. The van der Waals surface area contributed by atoms with Crippen molar-refractivity contribution in [3.63, 3.8) is 0 Å². The number of morpholine rings is 1. The summed E-state index contributed by atoms with van der Waals surface area (Å²) >= 11 is 0. The Labute approximate surface area is 105 Å². The van der Waals surface area contributed by atoms with Crippen LogP contribution in [0.2, 0.25) is 0 Å². The van der Waals surface area contributed by atoms with Crippen molar-refractivity contribution in [3.05, 3.63) is 35.6 Å². The van der Waals surface area contributed by atoms with E-state index in [2.05, 4.69) is 0 Å². The lowest BCUT2D eigenvalue weighted by molar-refractivity contribution is -0.167. The first kappa shape index (κ1) is 13.0. The summed E-state index contributed by atoms with van der Waals surface area (Å²) in [5.41, 5.74) is -0.00753. The SMILES string of the molecule is CC1(CO)CN(Cc2cccc(F)c2)C(=O)CO1. The number of aliphatic hydroxyl groups excluding tert-OH is 1. The quantitative estimate of drug-likeness (QED) is 0.872. The van der Waals surface area contributed by atoms with E-state index in [9.17, 15) is 14.3 Å². The maximum atomic E-state index is 13.1. The van der Waals surface area contributed by atoms with Crippen molar-refractivity contribution in [1.29, 1.82) is 0 Å². The number of benzene rings is 1. The molecule has 1 aliphatic heterocycles. The fourth-order valence-corrected chi connectivity index (χ4v) is 1.96. The Bertz CT molecular complexity index is 452. The predicted molar refractivity (Wildman–Crippen MR) is 63.3 cm³/mol. The number of nitrogens with zero attached hydrogens (tertiary/aromatic N) is 1. The summed E-state index contributed by atoms with van der Waals surface area (Å²) in [6.45, 7) is 2.18. The minimum absolute atomic E-state index is 0.0492. The summed E-state index contributed by atoms with van der Waals surface area (Å²) in [6.07, 6.45) is 0. The third-order valence-electron chi connectivity index (χ3n) is 3.02. The van der Waals surface area contributed by atoms with Crippen LogP contribution in [0, 0.1) is 5.82 Å². The predicted octanol–water partition coefficient (Wildman–Crippen LogP) is 0.935. The Balaban J connectivity index is 2.09. The van der Waals surface area contributed by atoms with E-state index in [1.165, 1.54) is 12.1 Å². The van der Waals surface area contributed by atoms with Crippen molar-refractivity contribution in [2.45, 2.75) is 19.1 Å². The van der Waals surface area contributed by atoms with Gasteiger partial charge in [0.2, 0.25) is 5.91 Å². The molecule has 5 heteroatoms. The molecule has 1 N–H and O–H groups in total. The van der Waals surface area contributed by atoms with Crippen LogP contribution < -0.4 is 0 Å². The first-order chi connectivity index (χ1) is 8.52. The molecule has 1 aliphatic rings. The van der Waals surface area contributed by atoms with Crippen LogP contribution >= 0.6 is 0 Å². The van der Waals surface area contributed by atoms with Crippen molar-refractivity contribution < 1.29 is 19.0 Å². The fraction of sp³-hybridized carbons (Fsp3) is 0.462. The second-order valence-corrected chi connectivity index (χ2v) is 4.78. The molecule has 0 aromatic heterocycles. The fourth-order valence-electron chi connectivity index (χ4n) is 1.96. The lowest BCUT2D eigenvalue weighted by Gasteiger charge is -2.39. The Morgan fingerprint density at radius 3 is 3.00 bits per heavy atom. The number of hydrogen-bond acceptors (Lipinski definition) is 3. The Hall–Kier alpha value is -1.46. The number of amides is 1. The topological polar surface area (TPSA) is 49.8 Å². The van der Waals surface area contributed by atoms with Crippen molar-refractivity contribution in [3.8, 4) is 0 Å². The molecule has 18 heavy (non-hydrogen) atoms. The van der Waals surface area contributed by atoms with Crippen LogP contribution in [0.5, 0.6) is 0 Å². The van der Waals surface area contributed by atoms with Crippen LogP contribution in [0.25, 0.3) is 0 Å². The van der Waals surface area contributed by atoms with Crippen molar-refractivity contribution >= 4 is 5.91 Å². The van der Waals surface area contributed by atoms with Gasteiger partial charge in [0.25, 0.3) is 0 Å². The third kappa shape index (κ3) is 2.86. The summed E-state index contributed by atoms with van der Waals surface area (Å²) in [7, 11) is 0. The molecule has 0 bridgehead atoms. The summed E-state index contributed by atoms with van der Waals surface area (Å²) < 4.78 is 18.4. The van der Waals surface area contributed by atoms with Gasteiger partial charge in [-0.1, -0.05) is 12.1 Å². The number of carbonyl (C=O) groups excluding carboxylic acids is 1. The van der Waals surface area contributed by atoms with E-state index in [0.29, 0.717) is 13.1 Å². The Morgan fingerprint density at radius 2 is 2.33 bits per heavy atom. The van der Waals surface area contributed by atoms with Crippen LogP contribution in [0.3, 0.4) is 0 Å². The zero-order valence-electron chi connectivity index (χ0n) is 10.2. The van der Waals surface area contributed by atoms with E-state index in [0.717, 1.165) is 5.56 Å². The maximum absolute atomic E-state index is 13.1. The molecule has 2 rings (SSSR count). The van der Waals surface area contributed by atoms with E-state index >= 15 is 0 Å². The first-order valence-corrected chi connectivity index (χ1v) is 5.79. The van der Waals surface area contributed by atoms with Crippen molar-refractivity contribution in [1.82, 2.24) is 4.90 Å². The zero-order chi connectivity index (χ0) is 13.2. The average Bonchev–Trinajstić information content (AvgIpc) is 2.34. The summed E-state index contributed by atoms with van der Waals surface area (Å²) in [4.78, 5) is 13.3. The second kappa shape index (κ2) is 5.04. The number of ether oxygens (including phenoxy) is 1. The van der Waals surface area contributed by atoms with Gasteiger partial charge >= 0.3 is 0 Å². The molecular weight excluding hydrogens is 237 g/mol. The number of hydrogen-bond donors (Lipinski definition) is 1. The number of aliphatic hydroxyl groups is 1. The highest BCUT2D eigenvalue weighted by Gasteiger charge is 2.35. The third-order valence-corrected chi connectivity index (χ3v) is 3.02. The summed E-state index contributed by atoms with van der Waals surface area (Å²) in [5.74, 6) is -0.469. The maximum Gasteiger partial charge on any atom is 0.249 e. The number of carbonyl (C=O) groups is 1. The van der Waals surface area contributed by atoms with Gasteiger partial charge in [-0.15, -0.1) is 0 Å². The highest BCUT2D eigenvalue weighted by atomic mass is 19.1. The van der Waals surface area contributed by atoms with Crippen LogP contribution in [0.4, 0.5) is 4.39 Å². The molecule has 1 aromatic carbocycles. The molecule has 0 spiro atoms. The first-order valence-electron chi connectivity index (χ1n) is 5.79. The van der Waals surface area contributed by atoms with Crippen LogP contribution in [-0.4, -0.2) is 41.3 Å². The highest BCUT2D eigenvalue weighted by Crippen LogP contribution is 2.19. The standard InChI is InChI=1S/C13H16FNO3/c1-13(9-16)8-15(12(17)7-18-13)6-10-3-2-4-11(14)5-10/h2-5,16H,6-9H2,1H3. The van der Waals surface area contributed by atoms with E-state index in [1.54, 1.807) is 24.0 Å². The molecule has 1 heterocycles. The monoisotopic (exact) mass is 253 g/mol. The van der Waals surface area contributed by atoms with Gasteiger partial charge in [0, 0.05) is 6.54 Å². The smallest absolute Gasteiger partial charge is 0.249 e. The number of rotatable bonds is 3. The summed E-state index contributed by atoms with van der Waals surface area (Å²) in [6, 6.07) is 6.14. The van der Waals surface area contributed by atoms with Crippen LogP contribution in [0.1, 0.15) is 12.5 Å². The lowest BCUT2D eigenvalue weighted by Crippen LogP contribution is -2.54. The van der Waals surface area contributed by atoms with Gasteiger partial charge in [0.1, 0.15) is 18.0 Å². The van der Waals surface area contributed by atoms with E-state index in [4.69, 9.17) is 4.74 Å². The molecular formula is C13H16FNO3. The molecule has 1 aromatic rings. The van der Waals surface area contributed by atoms with Crippen molar-refractivity contribution in [2.75, 3.05) is 19.8 Å². The molecule has 1 atom stereocenters. The lowest BCUT2D eigenvalue weighted by atomic mass is 10.0. The van der Waals surface area contributed by atoms with E-state index < -0.39 is 5.60 Å². The number of halogens is 1. The van der Waals surface area contributed by atoms with Gasteiger partial charge in [0.05, 0.1) is 13.2 Å². The van der Waals surface area contributed by atoms with Crippen molar-refractivity contribution in [2.24, 2.45) is 0 Å². The Kier molecular flexibility index (Phi) is 3.63. The highest BCUT2D eigenvalue weighted by molar-refractivity contribution is 5.78. The van der Waals surface area contributed by atoms with Gasteiger partial charge < -0.3 is 14.7 Å². The van der Waals surface area contributed by atoms with Gasteiger partial charge in [-0.2, -0.15) is 0 Å². The molecule has 1 amide bonds. The van der Waals surface area contributed by atoms with Crippen LogP contribution in [0.15, 0.2) is 24.3 Å². The zero-order valence-corrected chi connectivity index (χ0v) is 10.2. The molecule has 1 saturated heterocycles. The molecule has 0 radical (unpaired) electrons. The summed E-state index contributed by atoms with van der Waals surface area (Å²) in [5, 5.41) is 9.24. The van der Waals surface area contributed by atoms with E-state index in [-0.39, 0.29) is 24.9 Å². The average molecular weight is 253 g/mol. The minimum atomic E-state index is -0.735. The molecule has 1 fully saturated rings. The largest absolute Gasteiger partial charge is 0.393 e. The second-order valence-electron chi connectivity index (χ2n) is 4.78. The molecule has 1 unspecified atom stereocenters. The molecule has 0 saturated carbocycles. The Morgan fingerprint density at radius 1 is 1.56 bits per heavy atom. The van der Waals surface area contributed by atoms with Gasteiger partial charge in [-0.25, -0.2) is 4.39 Å². The van der Waals surface area contributed by atoms with Gasteiger partial charge in [-0.05, 0) is 24.6 Å².